The van der Waals surface area contributed by atoms with Crippen LogP contribution in [0.5, 0.6) is 0 Å². The third-order valence-corrected chi connectivity index (χ3v) is 14.6. The van der Waals surface area contributed by atoms with E-state index in [1.54, 1.807) is 104 Å². The highest BCUT2D eigenvalue weighted by molar-refractivity contribution is 5.68. The molecule has 4 nitrogen and oxygen atoms in total. The Hall–Kier alpha value is -6.52. The molecule has 0 spiro atoms. The second-order valence-corrected chi connectivity index (χ2v) is 21.0. The third-order valence-electron chi connectivity index (χ3n) is 14.6. The first kappa shape index (κ1) is 31.9. The highest BCUT2D eigenvalue weighted by atomic mass is 14.9. The maximum Gasteiger partial charge on any atom is 0.215 e. The van der Waals surface area contributed by atoms with E-state index in [0.29, 0.717) is 50.2 Å². The van der Waals surface area contributed by atoms with Crippen LogP contribution in [-0.2, 0) is 28.2 Å². The van der Waals surface area contributed by atoms with Gasteiger partial charge in [0.1, 0.15) is 28.2 Å². The predicted molar refractivity (Wildman–Crippen MR) is 358 cm³/mol. The maximum atomic E-state index is 8.56. The van der Waals surface area contributed by atoms with E-state index >= 15 is 0 Å². The number of benzene rings is 4. The van der Waals surface area contributed by atoms with E-state index in [2.05, 4.69) is 0 Å². The maximum absolute atomic E-state index is 8.56. The minimum Gasteiger partial charge on any atom is -0.201 e. The summed E-state index contributed by atoms with van der Waals surface area (Å²) in [4.78, 5) is 0. The molecule has 82 heavy (non-hydrogen) atoms. The van der Waals surface area contributed by atoms with Gasteiger partial charge in [0.2, 0.25) is 22.8 Å². The average Bonchev–Trinajstić information content (AvgIpc) is 0.784. The molecule has 4 unspecified atom stereocenters. The Labute approximate surface area is 554 Å². The molecular formula is C78H112N4+4. The molecule has 0 bridgehead atoms. The van der Waals surface area contributed by atoms with Gasteiger partial charge >= 0.3 is 0 Å². The summed E-state index contributed by atoms with van der Waals surface area (Å²) in [6.07, 6.45) is 5.98. The topological polar surface area (TPSA) is 15.5 Å². The van der Waals surface area contributed by atoms with Crippen molar-refractivity contribution in [2.75, 3.05) is 0 Å². The van der Waals surface area contributed by atoms with Gasteiger partial charge in [0.25, 0.3) is 0 Å². The summed E-state index contributed by atoms with van der Waals surface area (Å²) >= 11 is 0. The molecule has 440 valence electrons. The van der Waals surface area contributed by atoms with Gasteiger partial charge in [-0.1, -0.05) is 112 Å². The molecule has 0 N–H and O–H groups in total. The summed E-state index contributed by atoms with van der Waals surface area (Å²) in [5.41, 5.74) is 11.8. The smallest absolute Gasteiger partial charge is 0.201 e. The first-order valence-electron chi connectivity index (χ1n) is 44.6. The van der Waals surface area contributed by atoms with Crippen LogP contribution >= 0.6 is 0 Å². The minimum absolute atomic E-state index is 0. The Morgan fingerprint density at radius 3 is 1.13 bits per heavy atom. The van der Waals surface area contributed by atoms with E-state index in [-0.39, 0.29) is 65.1 Å². The fourth-order valence-corrected chi connectivity index (χ4v) is 9.71. The largest absolute Gasteiger partial charge is 0.215 e. The van der Waals surface area contributed by atoms with Crippen molar-refractivity contribution in [2.45, 2.75) is 204 Å². The second-order valence-electron chi connectivity index (χ2n) is 21.0. The molecule has 8 aromatic rings. The molecule has 4 heteroatoms. The Kier molecular flexibility index (Phi) is 11.4. The van der Waals surface area contributed by atoms with Crippen LogP contribution in [0.2, 0.25) is 0 Å². The highest BCUT2D eigenvalue weighted by Gasteiger charge is 2.23. The van der Waals surface area contributed by atoms with Crippen molar-refractivity contribution in [3.05, 3.63) is 209 Å². The summed E-state index contributed by atoms with van der Waals surface area (Å²) in [6.45, 7) is -6.84. The van der Waals surface area contributed by atoms with Crippen LogP contribution in [0.15, 0.2) is 97.6 Å². The van der Waals surface area contributed by atoms with Crippen molar-refractivity contribution in [3.63, 3.8) is 0 Å². The molecule has 8 rings (SSSR count). The molecule has 0 saturated heterocycles. The third kappa shape index (κ3) is 16.0. The van der Waals surface area contributed by atoms with Crippen LogP contribution < -0.4 is 18.3 Å². The van der Waals surface area contributed by atoms with E-state index in [0.717, 1.165) is 69.7 Å². The zero-order valence-electron chi connectivity index (χ0n) is 86.5. The summed E-state index contributed by atoms with van der Waals surface area (Å²) in [5, 5.41) is 0. The fourth-order valence-electron chi connectivity index (χ4n) is 9.71. The SMILES string of the molecule is C.C.[2H]C([2H])([2H])c1c[n+](C)c(-c2cc(C([2H])(C)C([2H])([2H])[2H])c(C([2H])([2H])[2H])cc2C)cc1C.[2H]C([2H])([2H])c1c[n+](C)c(-c2ccc(C([2H])(C)C([2H])([2H])[2H])cc2C)c(C)c1C.[2H]C([2H])([2H])c1cc(C)c(-c2cc(C([2H])(C)C([2H])([2H])[2H])c(C([2H])([2H])[2H])c[n+]2C)cc1C([2H])(C)C([2H])([2H])[2H].[2H]C([2H])([2H])c1ccc(-c2c(C)c(C)c(C([2H])([2H])[2H])c[n+]2C)c(C)c1. The molecule has 4 heterocycles. The molecule has 0 radical (unpaired) electrons. The number of aryl methyl sites for hydroxylation is 16. The summed E-state index contributed by atoms with van der Waals surface area (Å²) in [6, 6.07) is 18.7. The van der Waals surface area contributed by atoms with Crippen molar-refractivity contribution >= 4 is 0 Å². The van der Waals surface area contributed by atoms with Gasteiger partial charge < -0.3 is 0 Å². The molecule has 0 aliphatic heterocycles. The van der Waals surface area contributed by atoms with Crippen LogP contribution in [0.25, 0.3) is 45.0 Å². The Balaban J connectivity index is 0.000000412. The molecule has 4 aromatic heterocycles. The van der Waals surface area contributed by atoms with Gasteiger partial charge in [-0.05, 0) is 230 Å². The zero-order chi connectivity index (χ0) is 91.3. The Morgan fingerprint density at radius 1 is 0.329 bits per heavy atom. The fraction of sp³-hybridized carbons (Fsp3) is 0.436. The number of nitrogens with zero attached hydrogens (tertiary/aromatic N) is 4. The van der Waals surface area contributed by atoms with Gasteiger partial charge in [-0.2, -0.15) is 0 Å². The van der Waals surface area contributed by atoms with Gasteiger partial charge in [-0.15, -0.1) is 0 Å². The molecule has 0 fully saturated rings. The number of rotatable bonds is 8. The van der Waals surface area contributed by atoms with E-state index in [4.69, 9.17) is 50.7 Å². The van der Waals surface area contributed by atoms with Crippen LogP contribution in [0, 0.1) is 110 Å². The summed E-state index contributed by atoms with van der Waals surface area (Å²) in [7, 11) is 6.80. The molecule has 0 amide bonds. The van der Waals surface area contributed by atoms with Crippen molar-refractivity contribution in [1.29, 1.82) is 0 Å². The van der Waals surface area contributed by atoms with Crippen LogP contribution in [0.3, 0.4) is 0 Å². The van der Waals surface area contributed by atoms with Gasteiger partial charge in [0, 0.05) is 118 Å². The standard InChI is InChI=1S/C21H30N.2C19H26N.C17H22N.2CH4/c1-13(2)18-10-20(16(6)9-15(18)5)21-11-19(14(3)4)17(7)12-22(21)8;1-12(2)17-10-18(15(5)8-14(17)4)19-9-13(3)16(6)11-20(19)7;1-12(2)17-8-9-18(13(3)10-17)19-16(6)15(5)14(4)11-20(19)7;1-11-7-8-16(12(2)9-11)17-15(5)14(4)13(3)10-18(17)6;;/h9-14H,1-8H3;2*8-12H,1-7H3;7-10H,1-6H3;2*1H4/q4*+1;;/i1D3,3D3,5D3,7D3,13D,14D;1D3,4D3,6D3,12D;1D3,4D3,12D;1D3,3D3;;. The van der Waals surface area contributed by atoms with Gasteiger partial charge in [0.05, 0.1) is 0 Å². The lowest BCUT2D eigenvalue weighted by molar-refractivity contribution is -0.661. The molecule has 0 aliphatic rings. The van der Waals surface area contributed by atoms with Gasteiger partial charge in [-0.25, -0.2) is 18.3 Å². The number of hydrogen-bond acceptors (Lipinski definition) is 0. The average molecular weight is 1140 g/mol. The van der Waals surface area contributed by atoms with Gasteiger partial charge in [-0.3, -0.25) is 0 Å². The minimum atomic E-state index is -2.88. The number of pyridine rings is 4. The van der Waals surface area contributed by atoms with Gasteiger partial charge in [0.15, 0.2) is 24.8 Å². The lowest BCUT2D eigenvalue weighted by Crippen LogP contribution is -2.33. The summed E-state index contributed by atoms with van der Waals surface area (Å²) in [5.74, 6) is -8.46. The predicted octanol–water partition coefficient (Wildman–Crippen LogP) is 19.4. The van der Waals surface area contributed by atoms with E-state index < -0.39 is 98.9 Å². The van der Waals surface area contributed by atoms with Crippen molar-refractivity contribution in [3.8, 4) is 45.0 Å². The molecule has 0 aliphatic carbocycles. The van der Waals surface area contributed by atoms with Crippen LogP contribution in [0.1, 0.15) is 256 Å². The molecule has 4 aromatic carbocycles. The number of hydrogen-bond donors (Lipinski definition) is 0. The summed E-state index contributed by atoms with van der Waals surface area (Å²) < 4.78 is 296. The van der Waals surface area contributed by atoms with Crippen LogP contribution in [0.4, 0.5) is 0 Å². The zero-order valence-corrected chi connectivity index (χ0v) is 49.5. The van der Waals surface area contributed by atoms with E-state index in [9.17, 15) is 0 Å². The normalized spacial score (nSPS) is 22.1. The van der Waals surface area contributed by atoms with Crippen molar-refractivity contribution in [1.82, 2.24) is 0 Å². The lowest BCUT2D eigenvalue weighted by Gasteiger charge is -2.16. The molecule has 0 saturated carbocycles. The van der Waals surface area contributed by atoms with Crippen molar-refractivity contribution < 1.29 is 69.0 Å². The Bertz CT molecular complexity index is 4930. The second kappa shape index (κ2) is 29.1. The highest BCUT2D eigenvalue weighted by Crippen LogP contribution is 2.33. The first-order chi connectivity index (χ1) is 51.9. The first-order valence-corrected chi connectivity index (χ1v) is 26.1. The van der Waals surface area contributed by atoms with Crippen molar-refractivity contribution in [2.24, 2.45) is 28.2 Å². The Morgan fingerprint density at radius 2 is 0.720 bits per heavy atom. The molecule has 4 atom stereocenters. The monoisotopic (exact) mass is 1140 g/mol. The van der Waals surface area contributed by atoms with Crippen LogP contribution in [-0.4, -0.2) is 0 Å². The number of aromatic nitrogens is 4. The van der Waals surface area contributed by atoms with E-state index in [1.165, 1.54) is 68.2 Å². The lowest BCUT2D eigenvalue weighted by atomic mass is 9.90. The van der Waals surface area contributed by atoms with E-state index in [1.807, 2.05) is 47.7 Å². The quantitative estimate of drug-likeness (QED) is 0.135. The molecular weight excluding hydrogens is 993 g/mol.